The second-order valence-corrected chi connectivity index (χ2v) is 7.10. The molecule has 0 spiro atoms. The van der Waals surface area contributed by atoms with Gasteiger partial charge in [-0.15, -0.1) is 0 Å². The van der Waals surface area contributed by atoms with Gasteiger partial charge in [0.05, 0.1) is 12.5 Å². The number of hydrogen-bond acceptors (Lipinski definition) is 5. The number of rotatable bonds is 7. The molecule has 1 rings (SSSR count). The molecule has 2 N–H and O–H groups in total. The highest BCUT2D eigenvalue weighted by molar-refractivity contribution is 5.72. The molecule has 6 heteroatoms. The van der Waals surface area contributed by atoms with Crippen LogP contribution in [0, 0.1) is 5.92 Å². The van der Waals surface area contributed by atoms with Crippen molar-refractivity contribution in [3.05, 3.63) is 29.8 Å². The van der Waals surface area contributed by atoms with E-state index >= 15 is 0 Å². The van der Waals surface area contributed by atoms with Gasteiger partial charge >= 0.3 is 12.1 Å². The number of phenols is 1. The molecule has 25 heavy (non-hydrogen) atoms. The second kappa shape index (κ2) is 9.30. The highest BCUT2D eigenvalue weighted by atomic mass is 16.6. The van der Waals surface area contributed by atoms with Crippen molar-refractivity contribution in [2.75, 3.05) is 6.61 Å². The maximum absolute atomic E-state index is 12.1. The molecule has 2 unspecified atom stereocenters. The Bertz CT molecular complexity index is 562. The summed E-state index contributed by atoms with van der Waals surface area (Å²) in [6, 6.07) is 6.46. The zero-order valence-electron chi connectivity index (χ0n) is 15.7. The molecule has 0 aliphatic rings. The van der Waals surface area contributed by atoms with Crippen LogP contribution >= 0.6 is 0 Å². The first-order chi connectivity index (χ1) is 11.6. The zero-order chi connectivity index (χ0) is 19.0. The smallest absolute Gasteiger partial charge is 0.407 e. The van der Waals surface area contributed by atoms with Crippen LogP contribution in [-0.4, -0.2) is 35.4 Å². The predicted octanol–water partition coefficient (Wildman–Crippen LogP) is 3.42. The third kappa shape index (κ3) is 8.42. The molecule has 0 bridgehead atoms. The van der Waals surface area contributed by atoms with E-state index in [0.29, 0.717) is 19.4 Å². The first-order valence-electron chi connectivity index (χ1n) is 8.54. The lowest BCUT2D eigenvalue weighted by atomic mass is 9.96. The summed E-state index contributed by atoms with van der Waals surface area (Å²) in [4.78, 5) is 24.0. The largest absolute Gasteiger partial charge is 0.508 e. The van der Waals surface area contributed by atoms with E-state index in [9.17, 15) is 14.7 Å². The fourth-order valence-electron chi connectivity index (χ4n) is 2.39. The molecule has 0 saturated carbocycles. The Morgan fingerprint density at radius 3 is 2.32 bits per heavy atom. The number of carbonyl (C=O) groups is 2. The molecule has 0 aliphatic carbocycles. The number of amides is 1. The Balaban J connectivity index is 2.79. The molecular formula is C19H29NO5. The number of esters is 1. The van der Waals surface area contributed by atoms with Gasteiger partial charge in [-0.2, -0.15) is 0 Å². The molecule has 6 nitrogen and oxygen atoms in total. The Hall–Kier alpha value is -2.24. The van der Waals surface area contributed by atoms with E-state index in [1.807, 2.05) is 0 Å². The molecule has 1 aromatic rings. The van der Waals surface area contributed by atoms with Gasteiger partial charge < -0.3 is 19.9 Å². The average molecular weight is 351 g/mol. The summed E-state index contributed by atoms with van der Waals surface area (Å²) in [5.74, 6) is -0.457. The van der Waals surface area contributed by atoms with E-state index in [4.69, 9.17) is 9.47 Å². The highest BCUT2D eigenvalue weighted by Gasteiger charge is 2.24. The third-order valence-corrected chi connectivity index (χ3v) is 3.47. The van der Waals surface area contributed by atoms with E-state index in [-0.39, 0.29) is 23.7 Å². The third-order valence-electron chi connectivity index (χ3n) is 3.47. The summed E-state index contributed by atoms with van der Waals surface area (Å²) in [6.45, 7) is 9.25. The molecular weight excluding hydrogens is 322 g/mol. The first kappa shape index (κ1) is 20.8. The van der Waals surface area contributed by atoms with Gasteiger partial charge in [-0.1, -0.05) is 19.1 Å². The summed E-state index contributed by atoms with van der Waals surface area (Å²) in [7, 11) is 0. The van der Waals surface area contributed by atoms with Crippen molar-refractivity contribution in [2.24, 2.45) is 5.92 Å². The summed E-state index contributed by atoms with van der Waals surface area (Å²) < 4.78 is 10.3. The fourth-order valence-corrected chi connectivity index (χ4v) is 2.39. The molecule has 0 aliphatic heterocycles. The van der Waals surface area contributed by atoms with Gasteiger partial charge in [0.25, 0.3) is 0 Å². The number of hydrogen-bond donors (Lipinski definition) is 2. The van der Waals surface area contributed by atoms with Crippen LogP contribution in [0.4, 0.5) is 4.79 Å². The van der Waals surface area contributed by atoms with Crippen LogP contribution in [0.25, 0.3) is 0 Å². The topological polar surface area (TPSA) is 84.9 Å². The number of aromatic hydroxyl groups is 1. The Morgan fingerprint density at radius 2 is 1.80 bits per heavy atom. The molecule has 140 valence electrons. The van der Waals surface area contributed by atoms with E-state index < -0.39 is 11.7 Å². The standard InChI is InChI=1S/C19H29NO5/c1-6-24-17(22)13(2)11-15(20-18(23)25-19(3,4)5)12-14-7-9-16(21)10-8-14/h7-10,13,15,21H,6,11-12H2,1-5H3,(H,20,23). The first-order valence-corrected chi connectivity index (χ1v) is 8.54. The summed E-state index contributed by atoms with van der Waals surface area (Å²) in [5, 5.41) is 12.2. The van der Waals surface area contributed by atoms with E-state index in [2.05, 4.69) is 5.32 Å². The van der Waals surface area contributed by atoms with Crippen LogP contribution in [0.15, 0.2) is 24.3 Å². The molecule has 0 aromatic heterocycles. The minimum absolute atomic E-state index is 0.181. The van der Waals surface area contributed by atoms with Gasteiger partial charge in [-0.25, -0.2) is 4.79 Å². The van der Waals surface area contributed by atoms with E-state index in [1.165, 1.54) is 0 Å². The van der Waals surface area contributed by atoms with E-state index in [1.54, 1.807) is 58.9 Å². The Kier molecular flexibility index (Phi) is 7.74. The second-order valence-electron chi connectivity index (χ2n) is 7.10. The minimum Gasteiger partial charge on any atom is -0.508 e. The van der Waals surface area contributed by atoms with Gasteiger partial charge in [0, 0.05) is 6.04 Å². The van der Waals surface area contributed by atoms with Crippen LogP contribution in [0.2, 0.25) is 0 Å². The fraction of sp³-hybridized carbons (Fsp3) is 0.579. The minimum atomic E-state index is -0.597. The maximum Gasteiger partial charge on any atom is 0.407 e. The number of carbonyl (C=O) groups excluding carboxylic acids is 2. The quantitative estimate of drug-likeness (QED) is 0.735. The maximum atomic E-state index is 12.1. The Labute approximate surface area is 149 Å². The van der Waals surface area contributed by atoms with Crippen molar-refractivity contribution in [3.8, 4) is 5.75 Å². The number of benzene rings is 1. The molecule has 1 amide bonds. The molecule has 0 heterocycles. The van der Waals surface area contributed by atoms with Crippen molar-refractivity contribution in [1.29, 1.82) is 0 Å². The van der Waals surface area contributed by atoms with Gasteiger partial charge in [0.15, 0.2) is 0 Å². The summed E-state index contributed by atoms with van der Waals surface area (Å²) in [5.41, 5.74) is 0.342. The lowest BCUT2D eigenvalue weighted by Gasteiger charge is -2.25. The zero-order valence-corrected chi connectivity index (χ0v) is 15.7. The van der Waals surface area contributed by atoms with Crippen molar-refractivity contribution < 1.29 is 24.2 Å². The lowest BCUT2D eigenvalue weighted by Crippen LogP contribution is -2.41. The van der Waals surface area contributed by atoms with Crippen LogP contribution in [0.1, 0.15) is 46.6 Å². The van der Waals surface area contributed by atoms with Gasteiger partial charge in [-0.05, 0) is 58.2 Å². The lowest BCUT2D eigenvalue weighted by molar-refractivity contribution is -0.147. The number of alkyl carbamates (subject to hydrolysis) is 1. The highest BCUT2D eigenvalue weighted by Crippen LogP contribution is 2.17. The van der Waals surface area contributed by atoms with Crippen molar-refractivity contribution in [2.45, 2.75) is 59.1 Å². The summed E-state index contributed by atoms with van der Waals surface area (Å²) in [6.07, 6.45) is 0.426. The SMILES string of the molecule is CCOC(=O)C(C)CC(Cc1ccc(O)cc1)NC(=O)OC(C)(C)C. The summed E-state index contributed by atoms with van der Waals surface area (Å²) >= 11 is 0. The molecule has 1 aromatic carbocycles. The normalized spacial score (nSPS) is 13.6. The van der Waals surface area contributed by atoms with Crippen molar-refractivity contribution >= 4 is 12.1 Å². The predicted molar refractivity (Wildman–Crippen MR) is 95.4 cm³/mol. The van der Waals surface area contributed by atoms with Gasteiger partial charge in [-0.3, -0.25) is 4.79 Å². The van der Waals surface area contributed by atoms with Gasteiger partial charge in [0.1, 0.15) is 11.4 Å². The molecule has 0 saturated heterocycles. The van der Waals surface area contributed by atoms with Crippen LogP contribution in [0.5, 0.6) is 5.75 Å². The molecule has 0 radical (unpaired) electrons. The molecule has 2 atom stereocenters. The number of phenolic OH excluding ortho intramolecular Hbond substituents is 1. The number of ether oxygens (including phenoxy) is 2. The van der Waals surface area contributed by atoms with Crippen LogP contribution in [-0.2, 0) is 20.7 Å². The van der Waals surface area contributed by atoms with Crippen molar-refractivity contribution in [3.63, 3.8) is 0 Å². The monoisotopic (exact) mass is 351 g/mol. The average Bonchev–Trinajstić information content (AvgIpc) is 2.47. The van der Waals surface area contributed by atoms with Gasteiger partial charge in [0.2, 0.25) is 0 Å². The van der Waals surface area contributed by atoms with Crippen LogP contribution in [0.3, 0.4) is 0 Å². The Morgan fingerprint density at radius 1 is 1.20 bits per heavy atom. The van der Waals surface area contributed by atoms with Crippen LogP contribution < -0.4 is 5.32 Å². The van der Waals surface area contributed by atoms with E-state index in [0.717, 1.165) is 5.56 Å². The number of nitrogens with one attached hydrogen (secondary N) is 1. The van der Waals surface area contributed by atoms with Crippen molar-refractivity contribution in [1.82, 2.24) is 5.32 Å². The molecule has 0 fully saturated rings.